The van der Waals surface area contributed by atoms with Gasteiger partial charge in [0.1, 0.15) is 5.71 Å². The molecular formula is C19H23N5O4. The van der Waals surface area contributed by atoms with Gasteiger partial charge in [0, 0.05) is 43.7 Å². The lowest BCUT2D eigenvalue weighted by Crippen LogP contribution is -2.47. The number of carbonyl (C=O) groups excluding carboxylic acids is 3. The van der Waals surface area contributed by atoms with Gasteiger partial charge in [-0.15, -0.1) is 0 Å². The summed E-state index contributed by atoms with van der Waals surface area (Å²) in [6.45, 7) is 1.51. The minimum absolute atomic E-state index is 0.0481. The van der Waals surface area contributed by atoms with Gasteiger partial charge in [-0.1, -0.05) is 18.2 Å². The molecule has 0 bridgehead atoms. The summed E-state index contributed by atoms with van der Waals surface area (Å²) >= 11 is 0. The molecule has 0 unspecified atom stereocenters. The average Bonchev–Trinajstić information content (AvgIpc) is 2.73. The molecule has 28 heavy (non-hydrogen) atoms. The van der Waals surface area contributed by atoms with Crippen molar-refractivity contribution in [3.63, 3.8) is 0 Å². The quantitative estimate of drug-likeness (QED) is 0.335. The Bertz CT molecular complexity index is 812. The van der Waals surface area contributed by atoms with Gasteiger partial charge in [-0.05, 0) is 30.5 Å². The Morgan fingerprint density at radius 1 is 1.21 bits per heavy atom. The predicted molar refractivity (Wildman–Crippen MR) is 104 cm³/mol. The van der Waals surface area contributed by atoms with E-state index in [0.717, 1.165) is 37.2 Å². The molecule has 9 nitrogen and oxygen atoms in total. The van der Waals surface area contributed by atoms with Crippen LogP contribution in [0.2, 0.25) is 0 Å². The number of hydrazone groups is 1. The van der Waals surface area contributed by atoms with Gasteiger partial charge in [0.15, 0.2) is 0 Å². The zero-order valence-electron chi connectivity index (χ0n) is 15.4. The molecule has 2 aliphatic heterocycles. The smallest absolute Gasteiger partial charge is 0.267 e. The van der Waals surface area contributed by atoms with Crippen molar-refractivity contribution in [2.75, 3.05) is 18.0 Å². The van der Waals surface area contributed by atoms with Crippen molar-refractivity contribution in [2.24, 2.45) is 5.10 Å². The Balaban J connectivity index is 1.57. The summed E-state index contributed by atoms with van der Waals surface area (Å²) in [6.07, 6.45) is 5.13. The monoisotopic (exact) mass is 385 g/mol. The maximum atomic E-state index is 12.3. The molecule has 2 aliphatic rings. The maximum Gasteiger partial charge on any atom is 0.267 e. The van der Waals surface area contributed by atoms with Crippen LogP contribution in [0.3, 0.4) is 0 Å². The van der Waals surface area contributed by atoms with Crippen molar-refractivity contribution in [3.8, 4) is 0 Å². The Labute approximate surface area is 162 Å². The molecule has 4 N–H and O–H groups in total. The van der Waals surface area contributed by atoms with Gasteiger partial charge in [0.05, 0.1) is 0 Å². The minimum atomic E-state index is -0.585. The summed E-state index contributed by atoms with van der Waals surface area (Å²) in [5.74, 6) is -0.983. The maximum absolute atomic E-state index is 12.3. The Hall–Kier alpha value is -3.20. The van der Waals surface area contributed by atoms with Gasteiger partial charge >= 0.3 is 0 Å². The van der Waals surface area contributed by atoms with Gasteiger partial charge < -0.3 is 10.2 Å². The van der Waals surface area contributed by atoms with E-state index in [-0.39, 0.29) is 24.3 Å². The van der Waals surface area contributed by atoms with Crippen molar-refractivity contribution < 1.29 is 19.6 Å². The van der Waals surface area contributed by atoms with Crippen molar-refractivity contribution >= 4 is 35.2 Å². The van der Waals surface area contributed by atoms with Crippen LogP contribution in [0.5, 0.6) is 0 Å². The number of nitrogens with zero attached hydrogens (tertiary/aromatic N) is 2. The van der Waals surface area contributed by atoms with Crippen LogP contribution < -0.4 is 21.1 Å². The van der Waals surface area contributed by atoms with Crippen molar-refractivity contribution in [1.29, 1.82) is 0 Å². The van der Waals surface area contributed by atoms with E-state index in [9.17, 15) is 14.4 Å². The van der Waals surface area contributed by atoms with E-state index in [2.05, 4.69) is 20.7 Å². The highest BCUT2D eigenvalue weighted by molar-refractivity contribution is 6.39. The molecule has 0 saturated carbocycles. The van der Waals surface area contributed by atoms with Gasteiger partial charge in [-0.3, -0.25) is 19.6 Å². The average molecular weight is 385 g/mol. The molecule has 0 atom stereocenters. The minimum Gasteiger partial charge on any atom is -0.371 e. The highest BCUT2D eigenvalue weighted by atomic mass is 16.5. The lowest BCUT2D eigenvalue weighted by Gasteiger charge is -2.35. The first-order valence-electron chi connectivity index (χ1n) is 9.19. The van der Waals surface area contributed by atoms with E-state index < -0.39 is 5.91 Å². The Morgan fingerprint density at radius 2 is 1.96 bits per heavy atom. The molecule has 0 aliphatic carbocycles. The van der Waals surface area contributed by atoms with E-state index in [0.29, 0.717) is 12.1 Å². The second-order valence-corrected chi connectivity index (χ2v) is 6.70. The number of para-hydroxylation sites is 1. The topological polar surface area (TPSA) is 123 Å². The highest BCUT2D eigenvalue weighted by Gasteiger charge is 2.25. The SMILES string of the molecule is O=C(C=Cc1ccccc1N1CCC(NC(=O)C2=NNC(=O)CC2)CC1)NO. The van der Waals surface area contributed by atoms with Crippen LogP contribution in [-0.4, -0.2) is 47.8 Å². The summed E-state index contributed by atoms with van der Waals surface area (Å²) in [5.41, 5.74) is 6.14. The van der Waals surface area contributed by atoms with E-state index in [1.54, 1.807) is 11.6 Å². The van der Waals surface area contributed by atoms with Crippen LogP contribution in [-0.2, 0) is 14.4 Å². The zero-order chi connectivity index (χ0) is 19.9. The highest BCUT2D eigenvalue weighted by Crippen LogP contribution is 2.25. The second-order valence-electron chi connectivity index (χ2n) is 6.70. The third kappa shape index (κ3) is 4.95. The molecule has 0 radical (unpaired) electrons. The van der Waals surface area contributed by atoms with Gasteiger partial charge in [-0.25, -0.2) is 10.9 Å². The summed E-state index contributed by atoms with van der Waals surface area (Å²) in [7, 11) is 0. The lowest BCUT2D eigenvalue weighted by atomic mass is 10.0. The number of hydrogen-bond acceptors (Lipinski definition) is 6. The molecule has 0 aromatic heterocycles. The fraction of sp³-hybridized carbons (Fsp3) is 0.368. The molecule has 1 aromatic rings. The fourth-order valence-corrected chi connectivity index (χ4v) is 3.29. The standard InChI is InChI=1S/C19H23N5O4/c25-17-8-6-15(21-22-17)19(27)20-14-9-11-24(12-10-14)16-4-2-1-3-13(16)5-7-18(26)23-28/h1-5,7,14,28H,6,8-12H2,(H,20,27)(H,22,25)(H,23,26). The van der Waals surface area contributed by atoms with Crippen LogP contribution >= 0.6 is 0 Å². The number of nitrogens with one attached hydrogen (secondary N) is 3. The van der Waals surface area contributed by atoms with Crippen LogP contribution in [0.4, 0.5) is 5.69 Å². The van der Waals surface area contributed by atoms with Crippen LogP contribution in [0.25, 0.3) is 6.08 Å². The molecule has 9 heteroatoms. The molecule has 1 fully saturated rings. The van der Waals surface area contributed by atoms with E-state index >= 15 is 0 Å². The summed E-state index contributed by atoms with van der Waals surface area (Å²) < 4.78 is 0. The number of carbonyl (C=O) groups is 3. The zero-order valence-corrected chi connectivity index (χ0v) is 15.4. The number of piperidine rings is 1. The largest absolute Gasteiger partial charge is 0.371 e. The Kier molecular flexibility index (Phi) is 6.38. The van der Waals surface area contributed by atoms with E-state index in [4.69, 9.17) is 5.21 Å². The molecule has 1 aromatic carbocycles. The summed E-state index contributed by atoms with van der Waals surface area (Å²) in [6, 6.07) is 7.75. The third-order valence-corrected chi connectivity index (χ3v) is 4.80. The predicted octanol–water partition coefficient (Wildman–Crippen LogP) is 0.556. The molecule has 148 valence electrons. The van der Waals surface area contributed by atoms with Crippen LogP contribution in [0.15, 0.2) is 35.4 Å². The molecule has 1 saturated heterocycles. The van der Waals surface area contributed by atoms with Gasteiger partial charge in [-0.2, -0.15) is 5.10 Å². The number of hydroxylamine groups is 1. The normalized spacial score (nSPS) is 17.8. The van der Waals surface area contributed by atoms with Crippen molar-refractivity contribution in [3.05, 3.63) is 35.9 Å². The molecule has 3 rings (SSSR count). The molecular weight excluding hydrogens is 362 g/mol. The van der Waals surface area contributed by atoms with E-state index in [1.807, 2.05) is 24.3 Å². The Morgan fingerprint density at radius 3 is 2.64 bits per heavy atom. The lowest BCUT2D eigenvalue weighted by molar-refractivity contribution is -0.124. The number of anilines is 1. The number of rotatable bonds is 5. The van der Waals surface area contributed by atoms with Crippen molar-refractivity contribution in [1.82, 2.24) is 16.2 Å². The number of hydrogen-bond donors (Lipinski definition) is 4. The van der Waals surface area contributed by atoms with Crippen LogP contribution in [0.1, 0.15) is 31.2 Å². The first-order valence-corrected chi connectivity index (χ1v) is 9.19. The third-order valence-electron chi connectivity index (χ3n) is 4.80. The second kappa shape index (κ2) is 9.14. The van der Waals surface area contributed by atoms with Crippen LogP contribution in [0, 0.1) is 0 Å². The van der Waals surface area contributed by atoms with Crippen molar-refractivity contribution in [2.45, 2.75) is 31.7 Å². The molecule has 3 amide bonds. The summed E-state index contributed by atoms with van der Waals surface area (Å²) in [4.78, 5) is 36.8. The first kappa shape index (κ1) is 19.6. The van der Waals surface area contributed by atoms with E-state index in [1.165, 1.54) is 6.08 Å². The number of amides is 3. The first-order chi connectivity index (χ1) is 13.6. The molecule has 2 heterocycles. The summed E-state index contributed by atoms with van der Waals surface area (Å²) in [5, 5.41) is 15.4. The van der Waals surface area contributed by atoms with Gasteiger partial charge in [0.25, 0.3) is 11.8 Å². The number of benzene rings is 1. The fourth-order valence-electron chi connectivity index (χ4n) is 3.29. The van der Waals surface area contributed by atoms with Gasteiger partial charge in [0.2, 0.25) is 5.91 Å². The molecule has 0 spiro atoms.